The van der Waals surface area contributed by atoms with Crippen LogP contribution in [-0.2, 0) is 6.54 Å². The molecule has 0 saturated heterocycles. The van der Waals surface area contributed by atoms with E-state index in [2.05, 4.69) is 5.32 Å². The second-order valence-corrected chi connectivity index (χ2v) is 3.94. The van der Waals surface area contributed by atoms with Gasteiger partial charge in [0, 0.05) is 24.7 Å². The zero-order valence-electron chi connectivity index (χ0n) is 9.87. The van der Waals surface area contributed by atoms with Crippen molar-refractivity contribution in [2.75, 3.05) is 6.54 Å². The molecule has 92 valence electrons. The Labute approximate surface area is 99.3 Å². The first kappa shape index (κ1) is 13.3. The van der Waals surface area contributed by atoms with Crippen LogP contribution in [0.3, 0.4) is 0 Å². The third-order valence-electron chi connectivity index (χ3n) is 2.21. The van der Waals surface area contributed by atoms with E-state index in [-0.39, 0.29) is 12.2 Å². The largest absolute Gasteiger partial charge is 0.309 e. The molecule has 0 atom stereocenters. The number of halogens is 1. The lowest BCUT2D eigenvalue weighted by molar-refractivity contribution is -0.385. The van der Waals surface area contributed by atoms with Crippen molar-refractivity contribution in [1.82, 2.24) is 5.32 Å². The molecule has 5 heteroatoms. The average Bonchev–Trinajstić information content (AvgIpc) is 2.23. The highest BCUT2D eigenvalue weighted by Crippen LogP contribution is 2.19. The van der Waals surface area contributed by atoms with E-state index in [0.29, 0.717) is 12.1 Å². The number of nitrogens with zero attached hydrogens (tertiary/aromatic N) is 1. The molecule has 0 heterocycles. The third-order valence-corrected chi connectivity index (χ3v) is 2.21. The summed E-state index contributed by atoms with van der Waals surface area (Å²) in [5, 5.41) is 13.7. The highest BCUT2D eigenvalue weighted by molar-refractivity contribution is 5.40. The van der Waals surface area contributed by atoms with Gasteiger partial charge in [0.25, 0.3) is 5.69 Å². The molecule has 0 radical (unpaired) electrons. The standard InChI is InChI=1S/C12H15FN2O2/c1-9(2)5-6-14-8-10-7-11(13)3-4-12(10)15(16)17/h3-5,7,14H,6,8H2,1-2H3. The van der Waals surface area contributed by atoms with Crippen LogP contribution >= 0.6 is 0 Å². The van der Waals surface area contributed by atoms with Gasteiger partial charge in [-0.2, -0.15) is 0 Å². The van der Waals surface area contributed by atoms with Crippen LogP contribution in [0.25, 0.3) is 0 Å². The van der Waals surface area contributed by atoms with Gasteiger partial charge in [-0.3, -0.25) is 10.1 Å². The van der Waals surface area contributed by atoms with Gasteiger partial charge in [0.1, 0.15) is 5.82 Å². The minimum Gasteiger partial charge on any atom is -0.309 e. The summed E-state index contributed by atoms with van der Waals surface area (Å²) < 4.78 is 13.0. The molecule has 0 saturated carbocycles. The molecule has 1 aromatic carbocycles. The second kappa shape index (κ2) is 6.10. The van der Waals surface area contributed by atoms with Gasteiger partial charge in [-0.25, -0.2) is 4.39 Å². The van der Waals surface area contributed by atoms with Gasteiger partial charge in [-0.1, -0.05) is 11.6 Å². The van der Waals surface area contributed by atoms with Crippen LogP contribution in [0.2, 0.25) is 0 Å². The smallest absolute Gasteiger partial charge is 0.274 e. The Morgan fingerprint density at radius 3 is 2.82 bits per heavy atom. The van der Waals surface area contributed by atoms with E-state index in [0.717, 1.165) is 11.6 Å². The van der Waals surface area contributed by atoms with Crippen LogP contribution in [-0.4, -0.2) is 11.5 Å². The van der Waals surface area contributed by atoms with E-state index in [9.17, 15) is 14.5 Å². The Morgan fingerprint density at radius 2 is 2.24 bits per heavy atom. The number of benzene rings is 1. The minimum atomic E-state index is -0.503. The van der Waals surface area contributed by atoms with Crippen molar-refractivity contribution in [2.24, 2.45) is 0 Å². The van der Waals surface area contributed by atoms with E-state index >= 15 is 0 Å². The molecule has 0 aliphatic carbocycles. The maximum Gasteiger partial charge on any atom is 0.274 e. The van der Waals surface area contributed by atoms with Gasteiger partial charge in [0.2, 0.25) is 0 Å². The summed E-state index contributed by atoms with van der Waals surface area (Å²) in [7, 11) is 0. The predicted molar refractivity (Wildman–Crippen MR) is 64.2 cm³/mol. The minimum absolute atomic E-state index is 0.0592. The molecule has 0 amide bonds. The van der Waals surface area contributed by atoms with Crippen LogP contribution in [0.4, 0.5) is 10.1 Å². The Kier molecular flexibility index (Phi) is 4.78. The highest BCUT2D eigenvalue weighted by Gasteiger charge is 2.13. The monoisotopic (exact) mass is 238 g/mol. The number of nitro groups is 1. The zero-order chi connectivity index (χ0) is 12.8. The molecule has 0 bridgehead atoms. The van der Waals surface area contributed by atoms with E-state index in [1.165, 1.54) is 12.1 Å². The van der Waals surface area contributed by atoms with E-state index in [4.69, 9.17) is 0 Å². The SMILES string of the molecule is CC(C)=CCNCc1cc(F)ccc1[N+](=O)[O-]. The van der Waals surface area contributed by atoms with Crippen molar-refractivity contribution < 1.29 is 9.31 Å². The lowest BCUT2D eigenvalue weighted by Gasteiger charge is -2.04. The molecule has 1 aromatic rings. The van der Waals surface area contributed by atoms with Crippen LogP contribution in [0.15, 0.2) is 29.8 Å². The van der Waals surface area contributed by atoms with Gasteiger partial charge in [-0.05, 0) is 26.0 Å². The first-order chi connectivity index (χ1) is 8.00. The predicted octanol–water partition coefficient (Wildman–Crippen LogP) is 2.79. The number of nitro benzene ring substituents is 1. The Morgan fingerprint density at radius 1 is 1.53 bits per heavy atom. The summed E-state index contributed by atoms with van der Waals surface area (Å²) in [6, 6.07) is 3.47. The highest BCUT2D eigenvalue weighted by atomic mass is 19.1. The van der Waals surface area contributed by atoms with Gasteiger partial charge >= 0.3 is 0 Å². The van der Waals surface area contributed by atoms with Crippen molar-refractivity contribution in [3.63, 3.8) is 0 Å². The van der Waals surface area contributed by atoms with Crippen LogP contribution < -0.4 is 5.32 Å². The molecule has 4 nitrogen and oxygen atoms in total. The van der Waals surface area contributed by atoms with Crippen molar-refractivity contribution in [3.8, 4) is 0 Å². The topological polar surface area (TPSA) is 55.2 Å². The van der Waals surface area contributed by atoms with Gasteiger partial charge < -0.3 is 5.32 Å². The summed E-state index contributed by atoms with van der Waals surface area (Å²) in [6.07, 6.45) is 1.96. The molecule has 1 N–H and O–H groups in total. The van der Waals surface area contributed by atoms with Crippen molar-refractivity contribution in [1.29, 1.82) is 0 Å². The Balaban J connectivity index is 2.72. The van der Waals surface area contributed by atoms with Crippen LogP contribution in [0.1, 0.15) is 19.4 Å². The van der Waals surface area contributed by atoms with E-state index in [1.54, 1.807) is 0 Å². The first-order valence-corrected chi connectivity index (χ1v) is 5.27. The number of hydrogen-bond donors (Lipinski definition) is 1. The van der Waals surface area contributed by atoms with Crippen molar-refractivity contribution in [3.05, 3.63) is 51.3 Å². The van der Waals surface area contributed by atoms with E-state index < -0.39 is 10.7 Å². The third kappa shape index (κ3) is 4.32. The number of allylic oxidation sites excluding steroid dienone is 1. The summed E-state index contributed by atoms with van der Waals surface area (Å²) in [5.74, 6) is -0.463. The summed E-state index contributed by atoms with van der Waals surface area (Å²) in [4.78, 5) is 10.2. The maximum atomic E-state index is 13.0. The first-order valence-electron chi connectivity index (χ1n) is 5.27. The van der Waals surface area contributed by atoms with Crippen molar-refractivity contribution >= 4 is 5.69 Å². The zero-order valence-corrected chi connectivity index (χ0v) is 9.87. The fourth-order valence-corrected chi connectivity index (χ4v) is 1.36. The van der Waals surface area contributed by atoms with E-state index in [1.807, 2.05) is 19.9 Å². The summed E-state index contributed by atoms with van der Waals surface area (Å²) in [6.45, 7) is 4.81. The van der Waals surface area contributed by atoms with Gasteiger partial charge in [0.15, 0.2) is 0 Å². The lowest BCUT2D eigenvalue weighted by Crippen LogP contribution is -2.14. The molecular formula is C12H15FN2O2. The molecule has 0 fully saturated rings. The fraction of sp³-hybridized carbons (Fsp3) is 0.333. The lowest BCUT2D eigenvalue weighted by atomic mass is 10.1. The quantitative estimate of drug-likeness (QED) is 0.371. The normalized spacial score (nSPS) is 10.1. The summed E-state index contributed by atoms with van der Waals surface area (Å²) in [5.41, 5.74) is 1.46. The molecule has 1 rings (SSSR count). The Hall–Kier alpha value is -1.75. The molecule has 0 unspecified atom stereocenters. The van der Waals surface area contributed by atoms with Gasteiger partial charge in [0.05, 0.1) is 4.92 Å². The van der Waals surface area contributed by atoms with Crippen LogP contribution in [0.5, 0.6) is 0 Å². The fourth-order valence-electron chi connectivity index (χ4n) is 1.36. The number of hydrogen-bond acceptors (Lipinski definition) is 3. The molecule has 17 heavy (non-hydrogen) atoms. The molecule has 0 spiro atoms. The molecule has 0 aliphatic heterocycles. The van der Waals surface area contributed by atoms with Crippen molar-refractivity contribution in [2.45, 2.75) is 20.4 Å². The maximum absolute atomic E-state index is 13.0. The van der Waals surface area contributed by atoms with Crippen LogP contribution in [0, 0.1) is 15.9 Å². The molecular weight excluding hydrogens is 223 g/mol. The summed E-state index contributed by atoms with van der Waals surface area (Å²) >= 11 is 0. The molecule has 0 aliphatic rings. The van der Waals surface area contributed by atoms with Gasteiger partial charge in [-0.15, -0.1) is 0 Å². The number of rotatable bonds is 5. The Bertz CT molecular complexity index is 440. The number of nitrogens with one attached hydrogen (secondary N) is 1. The second-order valence-electron chi connectivity index (χ2n) is 3.94. The molecule has 0 aromatic heterocycles. The average molecular weight is 238 g/mol.